The number of benzene rings is 1. The molecule has 0 spiro atoms. The molecule has 2 heterocycles. The summed E-state index contributed by atoms with van der Waals surface area (Å²) in [6.07, 6.45) is 2.39. The molecule has 3 rings (SSSR count). The molecule has 1 saturated heterocycles. The zero-order valence-corrected chi connectivity index (χ0v) is 13.7. The first kappa shape index (κ1) is 15.5. The molecular formula is C18H22N4O. The molecule has 5 heteroatoms. The van der Waals surface area contributed by atoms with Gasteiger partial charge in [-0.2, -0.15) is 0 Å². The molecule has 1 aromatic carbocycles. The molecular weight excluding hydrogens is 288 g/mol. The largest absolute Gasteiger partial charge is 0.355 e. The van der Waals surface area contributed by atoms with Crippen molar-refractivity contribution in [2.24, 2.45) is 0 Å². The molecule has 2 aromatic rings. The van der Waals surface area contributed by atoms with E-state index in [0.717, 1.165) is 30.2 Å². The van der Waals surface area contributed by atoms with Gasteiger partial charge in [0.2, 0.25) is 0 Å². The van der Waals surface area contributed by atoms with Crippen LogP contribution >= 0.6 is 0 Å². The fourth-order valence-electron chi connectivity index (χ4n) is 2.93. The van der Waals surface area contributed by atoms with Gasteiger partial charge in [-0.3, -0.25) is 4.79 Å². The Labute approximate surface area is 136 Å². The van der Waals surface area contributed by atoms with Crippen LogP contribution in [0.2, 0.25) is 0 Å². The van der Waals surface area contributed by atoms with Crippen LogP contribution in [0.5, 0.6) is 0 Å². The molecule has 1 aliphatic heterocycles. The van der Waals surface area contributed by atoms with E-state index in [9.17, 15) is 4.79 Å². The first-order valence-electron chi connectivity index (χ1n) is 8.16. The quantitative estimate of drug-likeness (QED) is 0.871. The normalized spacial score (nSPS) is 14.1. The summed E-state index contributed by atoms with van der Waals surface area (Å²) in [5.74, 6) is 0.747. The third-order valence-electron chi connectivity index (χ3n) is 4.17. The van der Waals surface area contributed by atoms with Gasteiger partial charge in [-0.15, -0.1) is 10.2 Å². The second-order valence-electron chi connectivity index (χ2n) is 5.86. The maximum Gasteiger partial charge on any atom is 0.278 e. The molecule has 23 heavy (non-hydrogen) atoms. The van der Waals surface area contributed by atoms with Gasteiger partial charge in [0.15, 0.2) is 11.5 Å². The van der Waals surface area contributed by atoms with Crippen LogP contribution in [0.1, 0.15) is 35.8 Å². The predicted octanol–water partition coefficient (Wildman–Crippen LogP) is 3.05. The summed E-state index contributed by atoms with van der Waals surface area (Å²) >= 11 is 0. The Hall–Kier alpha value is -2.43. The molecule has 1 aromatic heterocycles. The van der Waals surface area contributed by atoms with E-state index in [1.807, 2.05) is 44.2 Å². The summed E-state index contributed by atoms with van der Waals surface area (Å²) in [4.78, 5) is 16.7. The average molecular weight is 310 g/mol. The van der Waals surface area contributed by atoms with Gasteiger partial charge in [-0.25, -0.2) is 0 Å². The highest BCUT2D eigenvalue weighted by Crippen LogP contribution is 2.20. The van der Waals surface area contributed by atoms with Crippen molar-refractivity contribution in [1.29, 1.82) is 0 Å². The lowest BCUT2D eigenvalue weighted by Crippen LogP contribution is -2.31. The van der Waals surface area contributed by atoms with E-state index < -0.39 is 0 Å². The topological polar surface area (TPSA) is 49.3 Å². The minimum atomic E-state index is -0.112. The third-order valence-corrected chi connectivity index (χ3v) is 4.17. The molecule has 0 unspecified atom stereocenters. The van der Waals surface area contributed by atoms with E-state index in [1.165, 1.54) is 12.8 Å². The van der Waals surface area contributed by atoms with Crippen molar-refractivity contribution in [3.05, 3.63) is 47.7 Å². The second-order valence-corrected chi connectivity index (χ2v) is 5.86. The van der Waals surface area contributed by atoms with Crippen molar-refractivity contribution in [1.82, 2.24) is 10.2 Å². The van der Waals surface area contributed by atoms with Crippen molar-refractivity contribution < 1.29 is 4.79 Å². The summed E-state index contributed by atoms with van der Waals surface area (Å²) in [6.45, 7) is 6.62. The molecule has 0 aliphatic carbocycles. The number of aromatic nitrogens is 2. The summed E-state index contributed by atoms with van der Waals surface area (Å²) in [6, 6.07) is 11.6. The van der Waals surface area contributed by atoms with Crippen LogP contribution in [0.15, 0.2) is 36.4 Å². The Morgan fingerprint density at radius 2 is 1.96 bits per heavy atom. The van der Waals surface area contributed by atoms with Crippen molar-refractivity contribution in [3.8, 4) is 0 Å². The van der Waals surface area contributed by atoms with Crippen LogP contribution < -0.4 is 9.80 Å². The lowest BCUT2D eigenvalue weighted by atomic mass is 10.2. The Morgan fingerprint density at radius 1 is 1.17 bits per heavy atom. The zero-order chi connectivity index (χ0) is 16.2. The molecule has 0 N–H and O–H groups in total. The second kappa shape index (κ2) is 6.77. The van der Waals surface area contributed by atoms with E-state index in [-0.39, 0.29) is 5.91 Å². The van der Waals surface area contributed by atoms with Crippen LogP contribution in [-0.4, -0.2) is 35.7 Å². The standard InChI is InChI=1S/C18H22N4O/c1-3-22(15-8-6-7-14(2)13-15)18(23)16-9-10-17(20-19-16)21-11-4-5-12-21/h6-10,13H,3-5,11-12H2,1-2H3. The molecule has 5 nitrogen and oxygen atoms in total. The maximum absolute atomic E-state index is 12.7. The minimum absolute atomic E-state index is 0.112. The number of anilines is 2. The van der Waals surface area contributed by atoms with Crippen molar-refractivity contribution >= 4 is 17.4 Å². The van der Waals surface area contributed by atoms with Gasteiger partial charge >= 0.3 is 0 Å². The van der Waals surface area contributed by atoms with E-state index in [1.54, 1.807) is 11.0 Å². The summed E-state index contributed by atoms with van der Waals surface area (Å²) in [5, 5.41) is 8.40. The number of amides is 1. The highest BCUT2D eigenvalue weighted by molar-refractivity contribution is 6.04. The SMILES string of the molecule is CCN(C(=O)c1ccc(N2CCCC2)nn1)c1cccc(C)c1. The molecule has 1 amide bonds. The van der Waals surface area contributed by atoms with Crippen molar-refractivity contribution in [3.63, 3.8) is 0 Å². The third kappa shape index (κ3) is 3.33. The van der Waals surface area contributed by atoms with Crippen LogP contribution in [0.4, 0.5) is 11.5 Å². The van der Waals surface area contributed by atoms with Gasteiger partial charge in [0.1, 0.15) is 0 Å². The molecule has 0 saturated carbocycles. The number of aryl methyl sites for hydroxylation is 1. The fourth-order valence-corrected chi connectivity index (χ4v) is 2.93. The minimum Gasteiger partial charge on any atom is -0.355 e. The van der Waals surface area contributed by atoms with Gasteiger partial charge in [0.25, 0.3) is 5.91 Å². The van der Waals surface area contributed by atoms with Crippen molar-refractivity contribution in [2.45, 2.75) is 26.7 Å². The van der Waals surface area contributed by atoms with Gasteiger partial charge in [-0.1, -0.05) is 12.1 Å². The summed E-state index contributed by atoms with van der Waals surface area (Å²) < 4.78 is 0. The Balaban J connectivity index is 1.80. The summed E-state index contributed by atoms with van der Waals surface area (Å²) in [7, 11) is 0. The Bertz CT molecular complexity index is 678. The molecule has 1 aliphatic rings. The summed E-state index contributed by atoms with van der Waals surface area (Å²) in [5.41, 5.74) is 2.41. The molecule has 1 fully saturated rings. The number of nitrogens with zero attached hydrogens (tertiary/aromatic N) is 4. The highest BCUT2D eigenvalue weighted by atomic mass is 16.2. The Morgan fingerprint density at radius 3 is 2.57 bits per heavy atom. The van der Waals surface area contributed by atoms with E-state index in [4.69, 9.17) is 0 Å². The number of hydrogen-bond donors (Lipinski definition) is 0. The zero-order valence-electron chi connectivity index (χ0n) is 13.7. The predicted molar refractivity (Wildman–Crippen MR) is 92.0 cm³/mol. The molecule has 120 valence electrons. The first-order valence-corrected chi connectivity index (χ1v) is 8.16. The van der Waals surface area contributed by atoms with E-state index in [0.29, 0.717) is 12.2 Å². The van der Waals surface area contributed by atoms with Crippen LogP contribution in [0.3, 0.4) is 0 Å². The van der Waals surface area contributed by atoms with Gasteiger partial charge < -0.3 is 9.80 Å². The van der Waals surface area contributed by atoms with Gasteiger partial charge in [0.05, 0.1) is 0 Å². The van der Waals surface area contributed by atoms with Crippen LogP contribution in [0.25, 0.3) is 0 Å². The number of carbonyl (C=O) groups is 1. The lowest BCUT2D eigenvalue weighted by molar-refractivity contribution is 0.0982. The smallest absolute Gasteiger partial charge is 0.278 e. The van der Waals surface area contributed by atoms with E-state index >= 15 is 0 Å². The maximum atomic E-state index is 12.7. The molecule has 0 bridgehead atoms. The van der Waals surface area contributed by atoms with Gasteiger partial charge in [0, 0.05) is 25.3 Å². The lowest BCUT2D eigenvalue weighted by Gasteiger charge is -2.21. The number of rotatable bonds is 4. The Kier molecular flexibility index (Phi) is 4.55. The number of carbonyl (C=O) groups excluding carboxylic acids is 1. The fraction of sp³-hybridized carbons (Fsp3) is 0.389. The highest BCUT2D eigenvalue weighted by Gasteiger charge is 2.19. The monoisotopic (exact) mass is 310 g/mol. The average Bonchev–Trinajstić information content (AvgIpc) is 3.10. The van der Waals surface area contributed by atoms with Crippen LogP contribution in [0, 0.1) is 6.92 Å². The van der Waals surface area contributed by atoms with Crippen molar-refractivity contribution in [2.75, 3.05) is 29.4 Å². The molecule has 0 radical (unpaired) electrons. The molecule has 0 atom stereocenters. The first-order chi connectivity index (χ1) is 11.2. The van der Waals surface area contributed by atoms with E-state index in [2.05, 4.69) is 15.1 Å². The van der Waals surface area contributed by atoms with Crippen LogP contribution in [-0.2, 0) is 0 Å². The van der Waals surface area contributed by atoms with Gasteiger partial charge in [-0.05, 0) is 56.5 Å². The number of hydrogen-bond acceptors (Lipinski definition) is 4.